The van der Waals surface area contributed by atoms with Crippen LogP contribution in [-0.2, 0) is 15.9 Å². The molecule has 168 valence electrons. The van der Waals surface area contributed by atoms with Crippen molar-refractivity contribution in [2.24, 2.45) is 4.99 Å². The molecule has 1 aromatic carbocycles. The molecular weight excluding hydrogens is 408 g/mol. The molecular formula is C24H28N4O4. The Bertz CT molecular complexity index is 1010. The number of amides is 1. The third-order valence-corrected chi connectivity index (χ3v) is 6.35. The Kier molecular flexibility index (Phi) is 6.05. The van der Waals surface area contributed by atoms with E-state index < -0.39 is 0 Å². The molecule has 3 aliphatic heterocycles. The first-order valence-corrected chi connectivity index (χ1v) is 11.2. The molecule has 5 rings (SSSR count). The lowest BCUT2D eigenvalue weighted by Gasteiger charge is -2.27. The Morgan fingerprint density at radius 3 is 2.59 bits per heavy atom. The van der Waals surface area contributed by atoms with Crippen LogP contribution in [0, 0.1) is 0 Å². The lowest BCUT2D eigenvalue weighted by molar-refractivity contribution is 0.0854. The number of ether oxygens (including phenoxy) is 3. The fourth-order valence-electron chi connectivity index (χ4n) is 4.59. The van der Waals surface area contributed by atoms with Crippen LogP contribution in [0.5, 0.6) is 5.75 Å². The molecule has 0 saturated carbocycles. The van der Waals surface area contributed by atoms with Gasteiger partial charge in [-0.15, -0.1) is 0 Å². The molecule has 1 aromatic heterocycles. The van der Waals surface area contributed by atoms with Gasteiger partial charge in [0.2, 0.25) is 0 Å². The number of morpholine rings is 1. The lowest BCUT2D eigenvalue weighted by Crippen LogP contribution is -2.36. The van der Waals surface area contributed by atoms with E-state index in [-0.39, 0.29) is 5.91 Å². The number of anilines is 1. The van der Waals surface area contributed by atoms with Gasteiger partial charge in [-0.05, 0) is 42.5 Å². The number of aromatic nitrogens is 1. The molecule has 0 radical (unpaired) electrons. The van der Waals surface area contributed by atoms with Crippen LogP contribution in [0.15, 0.2) is 35.5 Å². The monoisotopic (exact) mass is 436 g/mol. The summed E-state index contributed by atoms with van der Waals surface area (Å²) in [5.41, 5.74) is 3.70. The predicted octanol–water partition coefficient (Wildman–Crippen LogP) is 2.84. The molecule has 1 N–H and O–H groups in total. The number of carbonyl (C=O) groups excluding carboxylic acids is 1. The minimum absolute atomic E-state index is 0.204. The topological polar surface area (TPSA) is 85.3 Å². The van der Waals surface area contributed by atoms with Crippen LogP contribution in [0.3, 0.4) is 0 Å². The fourth-order valence-corrected chi connectivity index (χ4v) is 4.59. The molecule has 2 aromatic rings. The van der Waals surface area contributed by atoms with Gasteiger partial charge in [-0.3, -0.25) is 4.79 Å². The van der Waals surface area contributed by atoms with Gasteiger partial charge >= 0.3 is 0 Å². The maximum absolute atomic E-state index is 12.9. The van der Waals surface area contributed by atoms with Crippen molar-refractivity contribution in [1.82, 2.24) is 10.3 Å². The van der Waals surface area contributed by atoms with Gasteiger partial charge in [-0.25, -0.2) is 9.98 Å². The Hall–Kier alpha value is -2.97. The molecule has 0 unspecified atom stereocenters. The summed E-state index contributed by atoms with van der Waals surface area (Å²) in [7, 11) is 1.67. The highest BCUT2D eigenvalue weighted by Gasteiger charge is 2.27. The smallest absolute Gasteiger partial charge is 0.258 e. The van der Waals surface area contributed by atoms with Gasteiger partial charge in [0.15, 0.2) is 0 Å². The van der Waals surface area contributed by atoms with Gasteiger partial charge in [0.1, 0.15) is 17.4 Å². The Labute approximate surface area is 187 Å². The molecule has 0 spiro atoms. The number of hydrogen-bond donors (Lipinski definition) is 1. The zero-order chi connectivity index (χ0) is 21.9. The zero-order valence-electron chi connectivity index (χ0n) is 18.3. The molecule has 0 bridgehead atoms. The van der Waals surface area contributed by atoms with Gasteiger partial charge in [-0.2, -0.15) is 0 Å². The normalized spacial score (nSPS) is 18.8. The number of aliphatic imine (C=N–C) groups is 1. The summed E-state index contributed by atoms with van der Waals surface area (Å²) >= 11 is 0. The second kappa shape index (κ2) is 9.26. The number of rotatable bonds is 4. The van der Waals surface area contributed by atoms with Crippen molar-refractivity contribution < 1.29 is 19.0 Å². The maximum Gasteiger partial charge on any atom is 0.258 e. The molecule has 8 heteroatoms. The first kappa shape index (κ1) is 20.9. The van der Waals surface area contributed by atoms with Crippen molar-refractivity contribution in [2.75, 3.05) is 51.5 Å². The molecule has 3 aliphatic rings. The van der Waals surface area contributed by atoms with Crippen LogP contribution in [-0.4, -0.2) is 63.4 Å². The quantitative estimate of drug-likeness (QED) is 0.793. The first-order chi connectivity index (χ1) is 15.7. The van der Waals surface area contributed by atoms with Gasteiger partial charge < -0.3 is 24.4 Å². The van der Waals surface area contributed by atoms with Gasteiger partial charge in [0.25, 0.3) is 5.91 Å². The van der Waals surface area contributed by atoms with E-state index >= 15 is 0 Å². The third kappa shape index (κ3) is 4.20. The molecule has 32 heavy (non-hydrogen) atoms. The van der Waals surface area contributed by atoms with E-state index in [2.05, 4.69) is 21.3 Å². The summed E-state index contributed by atoms with van der Waals surface area (Å²) < 4.78 is 16.5. The van der Waals surface area contributed by atoms with Crippen LogP contribution < -0.4 is 15.0 Å². The first-order valence-electron chi connectivity index (χ1n) is 11.2. The zero-order valence-corrected chi connectivity index (χ0v) is 18.3. The summed E-state index contributed by atoms with van der Waals surface area (Å²) in [5.74, 6) is 2.52. The van der Waals surface area contributed by atoms with E-state index in [4.69, 9.17) is 19.2 Å². The minimum Gasteiger partial charge on any atom is -0.496 e. The lowest BCUT2D eigenvalue weighted by atomic mass is 9.89. The van der Waals surface area contributed by atoms with Crippen LogP contribution in [0.4, 0.5) is 11.5 Å². The number of benzene rings is 1. The van der Waals surface area contributed by atoms with Crippen molar-refractivity contribution in [3.05, 3.63) is 47.2 Å². The number of carbonyl (C=O) groups is 1. The van der Waals surface area contributed by atoms with Crippen LogP contribution in [0.2, 0.25) is 0 Å². The van der Waals surface area contributed by atoms with Crippen LogP contribution in [0.25, 0.3) is 0 Å². The van der Waals surface area contributed by atoms with E-state index in [1.54, 1.807) is 13.3 Å². The predicted molar refractivity (Wildman–Crippen MR) is 121 cm³/mol. The van der Waals surface area contributed by atoms with Crippen molar-refractivity contribution in [3.8, 4) is 5.75 Å². The number of amidine groups is 1. The van der Waals surface area contributed by atoms with Crippen molar-refractivity contribution in [2.45, 2.75) is 25.2 Å². The van der Waals surface area contributed by atoms with Crippen molar-refractivity contribution in [1.29, 1.82) is 0 Å². The molecule has 2 saturated heterocycles. The summed E-state index contributed by atoms with van der Waals surface area (Å²) in [4.78, 5) is 24.3. The third-order valence-electron chi connectivity index (χ3n) is 6.35. The molecule has 2 fully saturated rings. The Morgan fingerprint density at radius 1 is 1.09 bits per heavy atom. The largest absolute Gasteiger partial charge is 0.496 e. The van der Waals surface area contributed by atoms with Gasteiger partial charge in [-0.1, -0.05) is 6.07 Å². The molecule has 1 amide bonds. The molecule has 0 aliphatic carbocycles. The minimum atomic E-state index is -0.204. The van der Waals surface area contributed by atoms with E-state index in [9.17, 15) is 4.79 Å². The van der Waals surface area contributed by atoms with Crippen molar-refractivity contribution >= 4 is 23.2 Å². The average Bonchev–Trinajstić information content (AvgIpc) is 3.28. The second-order valence-corrected chi connectivity index (χ2v) is 8.26. The average molecular weight is 437 g/mol. The van der Waals surface area contributed by atoms with E-state index in [1.807, 2.05) is 18.2 Å². The number of methoxy groups -OCH3 is 1. The fraction of sp³-hybridized carbons (Fsp3) is 0.458. The summed E-state index contributed by atoms with van der Waals surface area (Å²) in [6, 6.07) is 7.82. The summed E-state index contributed by atoms with van der Waals surface area (Å²) in [6.07, 6.45) is 4.13. The number of nitrogens with one attached hydrogen (secondary N) is 1. The van der Waals surface area contributed by atoms with Crippen LogP contribution >= 0.6 is 0 Å². The Balaban J connectivity index is 1.32. The highest BCUT2D eigenvalue weighted by Crippen LogP contribution is 2.42. The van der Waals surface area contributed by atoms with Gasteiger partial charge in [0.05, 0.1) is 31.6 Å². The highest BCUT2D eigenvalue weighted by atomic mass is 16.5. The summed E-state index contributed by atoms with van der Waals surface area (Å²) in [6.45, 7) is 4.56. The number of fused-ring (bicyclic) bond motifs is 1. The summed E-state index contributed by atoms with van der Waals surface area (Å²) in [5, 5.41) is 2.98. The Morgan fingerprint density at radius 2 is 1.88 bits per heavy atom. The van der Waals surface area contributed by atoms with Crippen molar-refractivity contribution in [3.63, 3.8) is 0 Å². The van der Waals surface area contributed by atoms with E-state index in [0.29, 0.717) is 37.0 Å². The number of hydrogen-bond acceptors (Lipinski definition) is 7. The van der Waals surface area contributed by atoms with Gasteiger partial charge in [0, 0.05) is 44.5 Å². The van der Waals surface area contributed by atoms with E-state index in [0.717, 1.165) is 62.0 Å². The number of pyridine rings is 1. The second-order valence-electron chi connectivity index (χ2n) is 8.26. The number of nitrogens with zero attached hydrogens (tertiary/aromatic N) is 3. The highest BCUT2D eigenvalue weighted by molar-refractivity contribution is 6.09. The SMILES string of the molecule is COc1ccc(C2CCOCC2)c2c1CC(NC(=O)c1ccc(N3CCOCC3)nc1)=N2. The van der Waals surface area contributed by atoms with E-state index in [1.165, 1.54) is 5.56 Å². The molecule has 4 heterocycles. The standard InChI is InChI=1S/C24H28N4O4/c1-30-20-4-3-18(16-6-10-31-11-7-16)23-19(20)14-21(26-23)27-24(29)17-2-5-22(25-15-17)28-8-12-32-13-9-28/h2-5,15-16H,6-14H2,1H3,(H,26,27,29). The maximum atomic E-state index is 12.9. The van der Waals surface area contributed by atoms with Crippen LogP contribution in [0.1, 0.15) is 40.2 Å². The molecule has 8 nitrogen and oxygen atoms in total. The molecule has 0 atom stereocenters.